The smallest absolute Gasteiger partial charge is 0.0689 e. The van der Waals surface area contributed by atoms with E-state index in [1.54, 1.807) is 0 Å². The zero-order chi connectivity index (χ0) is 19.0. The summed E-state index contributed by atoms with van der Waals surface area (Å²) in [6, 6.07) is 2.79. The van der Waals surface area contributed by atoms with Gasteiger partial charge in [-0.3, -0.25) is 9.89 Å². The molecule has 0 amide bonds. The van der Waals surface area contributed by atoms with Crippen LogP contribution >= 0.6 is 9.24 Å². The highest BCUT2D eigenvalue weighted by molar-refractivity contribution is 7.20. The van der Waals surface area contributed by atoms with E-state index in [-0.39, 0.29) is 11.1 Å². The Bertz CT molecular complexity index is 609. The lowest BCUT2D eigenvalue weighted by Crippen LogP contribution is -2.31. The molecule has 138 valence electrons. The van der Waals surface area contributed by atoms with Crippen LogP contribution in [0.1, 0.15) is 47.5 Å². The minimum Gasteiger partial charge on any atom is -0.292 e. The highest BCUT2D eigenvalue weighted by atomic mass is 31.0. The average molecular weight is 359 g/mol. The molecule has 0 radical (unpaired) electrons. The van der Waals surface area contributed by atoms with Crippen LogP contribution in [0.3, 0.4) is 0 Å². The summed E-state index contributed by atoms with van der Waals surface area (Å²) in [5, 5.41) is 9.29. The molecule has 0 aromatic heterocycles. The third kappa shape index (κ3) is 5.91. The van der Waals surface area contributed by atoms with E-state index in [0.29, 0.717) is 6.04 Å². The Morgan fingerprint density at radius 3 is 2.64 bits per heavy atom. The highest BCUT2D eigenvalue weighted by Crippen LogP contribution is 2.27. The molecule has 0 N–H and O–H groups in total. The van der Waals surface area contributed by atoms with Crippen LogP contribution in [0.25, 0.3) is 0 Å². The highest BCUT2D eigenvalue weighted by Gasteiger charge is 2.27. The van der Waals surface area contributed by atoms with Crippen LogP contribution in [0.4, 0.5) is 0 Å². The minimum absolute atomic E-state index is 0.248. The number of hydrogen-bond donors (Lipinski definition) is 0. The Morgan fingerprint density at radius 2 is 2.12 bits per heavy atom. The van der Waals surface area contributed by atoms with Gasteiger partial charge in [0.25, 0.3) is 0 Å². The summed E-state index contributed by atoms with van der Waals surface area (Å²) in [4.78, 5) is 7.02. The molecule has 1 rings (SSSR count). The van der Waals surface area contributed by atoms with Gasteiger partial charge in [-0.1, -0.05) is 36.8 Å². The maximum atomic E-state index is 9.29. The monoisotopic (exact) mass is 359 g/mol. The van der Waals surface area contributed by atoms with Crippen LogP contribution in [0, 0.1) is 16.7 Å². The Balaban J connectivity index is 2.75. The molecule has 1 heterocycles. The Hall–Kier alpha value is -1.23. The maximum Gasteiger partial charge on any atom is 0.0689 e. The second-order valence-electron chi connectivity index (χ2n) is 7.22. The fraction of sp³-hybridized carbons (Fsp3) is 0.619. The lowest BCUT2D eigenvalue weighted by molar-refractivity contribution is 0.306. The van der Waals surface area contributed by atoms with E-state index in [0.717, 1.165) is 25.9 Å². The molecule has 0 aromatic carbocycles. The summed E-state index contributed by atoms with van der Waals surface area (Å²) >= 11 is 0. The van der Waals surface area contributed by atoms with Crippen molar-refractivity contribution in [3.63, 3.8) is 0 Å². The van der Waals surface area contributed by atoms with E-state index in [1.165, 1.54) is 16.9 Å². The molecule has 1 aliphatic heterocycles. The van der Waals surface area contributed by atoms with Crippen LogP contribution in [0.5, 0.6) is 0 Å². The number of aliphatic imine (C=N–C) groups is 1. The molecule has 1 aliphatic rings. The Kier molecular flexibility index (Phi) is 8.77. The van der Waals surface area contributed by atoms with Crippen LogP contribution in [-0.2, 0) is 0 Å². The molecule has 0 aliphatic carbocycles. The van der Waals surface area contributed by atoms with E-state index in [4.69, 9.17) is 0 Å². The first-order valence-electron chi connectivity index (χ1n) is 9.17. The molecule has 0 fully saturated rings. The molecule has 4 atom stereocenters. The van der Waals surface area contributed by atoms with Crippen molar-refractivity contribution in [2.45, 2.75) is 59.2 Å². The van der Waals surface area contributed by atoms with Gasteiger partial charge in [-0.15, -0.1) is 9.24 Å². The second-order valence-corrected chi connectivity index (χ2v) is 7.94. The average Bonchev–Trinajstić information content (AvgIpc) is 2.97. The first-order valence-corrected chi connectivity index (χ1v) is 9.84. The van der Waals surface area contributed by atoms with Gasteiger partial charge in [0.2, 0.25) is 0 Å². The van der Waals surface area contributed by atoms with E-state index < -0.39 is 0 Å². The predicted octanol–water partition coefficient (Wildman–Crippen LogP) is 4.78. The van der Waals surface area contributed by atoms with Gasteiger partial charge in [0.15, 0.2) is 0 Å². The molecule has 4 heteroatoms. The quantitative estimate of drug-likeness (QED) is 0.355. The topological polar surface area (TPSA) is 39.4 Å². The standard InChI is InChI=1S/C21H34N3P/c1-7-10-19(25)20(23-6)18-14-24(13-16(18)3)17(4)11-9-12-21(5,8-2)15-22/h7,9-11,17,19H,8,12-14,25H2,1-6H3/b10-7-,11-9-,23-20+. The Morgan fingerprint density at radius 1 is 1.44 bits per heavy atom. The van der Waals surface area contributed by atoms with E-state index >= 15 is 0 Å². The SMILES string of the molecule is C/C=C\C(P)/C(=N/C)C1=C(C)CN(C(C)/C=C\CC(C)(C#N)CC)C1. The Labute approximate surface area is 156 Å². The zero-order valence-electron chi connectivity index (χ0n) is 16.7. The number of nitriles is 1. The third-order valence-corrected chi connectivity index (χ3v) is 5.73. The normalized spacial score (nSPS) is 21.8. The van der Waals surface area contributed by atoms with Crippen molar-refractivity contribution >= 4 is 15.0 Å². The van der Waals surface area contributed by atoms with Gasteiger partial charge in [0.05, 0.1) is 11.5 Å². The van der Waals surface area contributed by atoms with Gasteiger partial charge in [-0.25, -0.2) is 0 Å². The predicted molar refractivity (Wildman–Crippen MR) is 113 cm³/mol. The summed E-state index contributed by atoms with van der Waals surface area (Å²) < 4.78 is 0. The third-order valence-electron chi connectivity index (χ3n) is 5.19. The molecular formula is C21H34N3P. The largest absolute Gasteiger partial charge is 0.292 e. The van der Waals surface area contributed by atoms with Crippen LogP contribution in [0.2, 0.25) is 0 Å². The number of hydrogen-bond acceptors (Lipinski definition) is 3. The first kappa shape index (κ1) is 21.8. The molecular weight excluding hydrogens is 325 g/mol. The summed E-state index contributed by atoms with van der Waals surface area (Å²) in [5.74, 6) is 0. The van der Waals surface area contributed by atoms with Crippen LogP contribution in [-0.4, -0.2) is 42.4 Å². The summed E-state index contributed by atoms with van der Waals surface area (Å²) in [7, 11) is 4.77. The van der Waals surface area contributed by atoms with Gasteiger partial charge < -0.3 is 0 Å². The zero-order valence-corrected chi connectivity index (χ0v) is 17.9. The summed E-state index contributed by atoms with van der Waals surface area (Å²) in [5.41, 5.74) is 3.97. The lowest BCUT2D eigenvalue weighted by atomic mass is 9.85. The van der Waals surface area contributed by atoms with Crippen molar-refractivity contribution in [1.29, 1.82) is 5.26 Å². The fourth-order valence-corrected chi connectivity index (χ4v) is 3.65. The van der Waals surface area contributed by atoms with Gasteiger partial charge in [0.1, 0.15) is 0 Å². The van der Waals surface area contributed by atoms with Gasteiger partial charge >= 0.3 is 0 Å². The molecule has 0 saturated heterocycles. The molecule has 0 spiro atoms. The van der Waals surface area contributed by atoms with Crippen molar-refractivity contribution in [2.24, 2.45) is 10.4 Å². The summed E-state index contributed by atoms with van der Waals surface area (Å²) in [6.45, 7) is 12.5. The molecule has 0 aromatic rings. The van der Waals surface area contributed by atoms with E-state index in [9.17, 15) is 5.26 Å². The van der Waals surface area contributed by atoms with Gasteiger partial charge in [-0.2, -0.15) is 5.26 Å². The van der Waals surface area contributed by atoms with Crippen molar-refractivity contribution < 1.29 is 0 Å². The van der Waals surface area contributed by atoms with Crippen LogP contribution in [0.15, 0.2) is 40.4 Å². The first-order chi connectivity index (χ1) is 11.8. The number of nitrogens with zero attached hydrogens (tertiary/aromatic N) is 3. The second kappa shape index (κ2) is 10.0. The van der Waals surface area contributed by atoms with Crippen LogP contribution < -0.4 is 0 Å². The van der Waals surface area contributed by atoms with E-state index in [2.05, 4.69) is 70.3 Å². The van der Waals surface area contributed by atoms with Crippen molar-refractivity contribution in [2.75, 3.05) is 20.1 Å². The maximum absolute atomic E-state index is 9.29. The lowest BCUT2D eigenvalue weighted by Gasteiger charge is -2.23. The minimum atomic E-state index is -0.248. The fourth-order valence-electron chi connectivity index (χ4n) is 3.08. The van der Waals surface area contributed by atoms with Gasteiger partial charge in [0, 0.05) is 37.5 Å². The summed E-state index contributed by atoms with van der Waals surface area (Å²) in [6.07, 6.45) is 10.4. The van der Waals surface area contributed by atoms with Gasteiger partial charge in [-0.05, 0) is 46.1 Å². The molecule has 0 bridgehead atoms. The molecule has 25 heavy (non-hydrogen) atoms. The van der Waals surface area contributed by atoms with E-state index in [1.807, 2.05) is 20.9 Å². The number of allylic oxidation sites excluding steroid dienone is 3. The molecule has 0 saturated carbocycles. The van der Waals surface area contributed by atoms with Crippen molar-refractivity contribution in [3.8, 4) is 6.07 Å². The molecule has 3 nitrogen and oxygen atoms in total. The van der Waals surface area contributed by atoms with Crippen molar-refractivity contribution in [3.05, 3.63) is 35.5 Å². The number of rotatable bonds is 8. The van der Waals surface area contributed by atoms with Crippen molar-refractivity contribution in [1.82, 2.24) is 4.90 Å². The molecule has 4 unspecified atom stereocenters.